The van der Waals surface area contributed by atoms with Crippen molar-refractivity contribution in [2.24, 2.45) is 0 Å². The highest BCUT2D eigenvalue weighted by Crippen LogP contribution is 2.41. The molecule has 0 aliphatic carbocycles. The van der Waals surface area contributed by atoms with Crippen molar-refractivity contribution < 1.29 is 4.42 Å². The Morgan fingerprint density at radius 1 is 0.365 bits per heavy atom. The molecule has 0 atom stereocenters. The number of rotatable bonds is 6. The Labute approximate surface area is 301 Å². The predicted molar refractivity (Wildman–Crippen MR) is 218 cm³/mol. The van der Waals surface area contributed by atoms with Crippen LogP contribution in [0.2, 0.25) is 0 Å². The number of anilines is 3. The summed E-state index contributed by atoms with van der Waals surface area (Å²) in [5, 5.41) is 6.93. The highest BCUT2D eigenvalue weighted by Gasteiger charge is 2.18. The van der Waals surface area contributed by atoms with Crippen molar-refractivity contribution in [2.45, 2.75) is 0 Å². The second-order valence-corrected chi connectivity index (χ2v) is 13.2. The molecule has 0 fully saturated rings. The zero-order valence-corrected chi connectivity index (χ0v) is 28.3. The molecule has 0 unspecified atom stereocenters. The Kier molecular flexibility index (Phi) is 7.14. The molecule has 9 aromatic carbocycles. The molecule has 3 heteroatoms. The van der Waals surface area contributed by atoms with Crippen molar-refractivity contribution in [3.8, 4) is 33.7 Å². The van der Waals surface area contributed by atoms with Crippen LogP contribution in [-0.2, 0) is 0 Å². The summed E-state index contributed by atoms with van der Waals surface area (Å²) in [4.78, 5) is 7.26. The van der Waals surface area contributed by atoms with Crippen LogP contribution < -0.4 is 4.90 Å². The lowest BCUT2D eigenvalue weighted by Crippen LogP contribution is -2.10. The van der Waals surface area contributed by atoms with E-state index in [-0.39, 0.29) is 0 Å². The van der Waals surface area contributed by atoms with Crippen LogP contribution in [0, 0.1) is 0 Å². The molecule has 1 heterocycles. The van der Waals surface area contributed by atoms with Gasteiger partial charge in [0.15, 0.2) is 5.58 Å². The van der Waals surface area contributed by atoms with Crippen LogP contribution in [0.1, 0.15) is 0 Å². The SMILES string of the molecule is c1ccc(-c2cccc(N(c3ccc(-c4ccc5ccccc5c4)cc3)c3ccc4ccc5ccc6nc(-c7ccccc7)oc6c5c4c3)c2)cc1. The Morgan fingerprint density at radius 3 is 1.77 bits per heavy atom. The molecule has 0 saturated heterocycles. The van der Waals surface area contributed by atoms with Gasteiger partial charge in [0, 0.05) is 28.0 Å². The van der Waals surface area contributed by atoms with Gasteiger partial charge in [0.2, 0.25) is 5.89 Å². The van der Waals surface area contributed by atoms with Crippen molar-refractivity contribution in [1.82, 2.24) is 4.98 Å². The van der Waals surface area contributed by atoms with Gasteiger partial charge in [0.1, 0.15) is 5.52 Å². The van der Waals surface area contributed by atoms with E-state index in [4.69, 9.17) is 9.40 Å². The molecule has 3 nitrogen and oxygen atoms in total. The maximum Gasteiger partial charge on any atom is 0.227 e. The van der Waals surface area contributed by atoms with E-state index in [0.29, 0.717) is 5.89 Å². The Balaban J connectivity index is 1.15. The minimum atomic E-state index is 0.627. The first-order valence-electron chi connectivity index (χ1n) is 17.6. The van der Waals surface area contributed by atoms with Gasteiger partial charge in [-0.2, -0.15) is 0 Å². The summed E-state index contributed by atoms with van der Waals surface area (Å²) in [5.41, 5.74) is 10.6. The summed E-state index contributed by atoms with van der Waals surface area (Å²) >= 11 is 0. The minimum absolute atomic E-state index is 0.627. The van der Waals surface area contributed by atoms with Gasteiger partial charge in [-0.05, 0) is 110 Å². The second kappa shape index (κ2) is 12.4. The van der Waals surface area contributed by atoms with Crippen LogP contribution in [-0.4, -0.2) is 4.98 Å². The maximum atomic E-state index is 6.57. The third kappa shape index (κ3) is 5.28. The first kappa shape index (κ1) is 29.9. The number of hydrogen-bond donors (Lipinski definition) is 0. The fourth-order valence-electron chi connectivity index (χ4n) is 7.43. The van der Waals surface area contributed by atoms with Gasteiger partial charge < -0.3 is 9.32 Å². The molecule has 0 radical (unpaired) electrons. The fourth-order valence-corrected chi connectivity index (χ4v) is 7.43. The molecule has 0 N–H and O–H groups in total. The number of nitrogens with zero attached hydrogens (tertiary/aromatic N) is 2. The Morgan fingerprint density at radius 2 is 0.942 bits per heavy atom. The zero-order chi connectivity index (χ0) is 34.4. The van der Waals surface area contributed by atoms with Crippen LogP contribution in [0.5, 0.6) is 0 Å². The van der Waals surface area contributed by atoms with Gasteiger partial charge in [-0.25, -0.2) is 4.98 Å². The summed E-state index contributed by atoms with van der Waals surface area (Å²) in [6, 6.07) is 68.9. The van der Waals surface area contributed by atoms with Gasteiger partial charge in [-0.15, -0.1) is 0 Å². The van der Waals surface area contributed by atoms with Gasteiger partial charge in [0.25, 0.3) is 0 Å². The van der Waals surface area contributed by atoms with E-state index in [1.807, 2.05) is 30.3 Å². The van der Waals surface area contributed by atoms with E-state index in [2.05, 4.69) is 169 Å². The van der Waals surface area contributed by atoms with Crippen LogP contribution in [0.25, 0.3) is 77.1 Å². The van der Waals surface area contributed by atoms with E-state index in [0.717, 1.165) is 55.3 Å². The smallest absolute Gasteiger partial charge is 0.227 e. The predicted octanol–water partition coefficient (Wildman–Crippen LogP) is 13.8. The number of fused-ring (bicyclic) bond motifs is 6. The van der Waals surface area contributed by atoms with Crippen molar-refractivity contribution in [1.29, 1.82) is 0 Å². The Hall–Kier alpha value is -6.97. The van der Waals surface area contributed by atoms with Gasteiger partial charge in [-0.3, -0.25) is 0 Å². The average Bonchev–Trinajstić information content (AvgIpc) is 3.67. The van der Waals surface area contributed by atoms with Crippen molar-refractivity contribution in [2.75, 3.05) is 4.90 Å². The molecule has 10 aromatic rings. The first-order valence-corrected chi connectivity index (χ1v) is 17.6. The molecular formula is C49H32N2O. The van der Waals surface area contributed by atoms with Crippen molar-refractivity contribution >= 4 is 60.5 Å². The number of oxazole rings is 1. The molecule has 0 saturated carbocycles. The highest BCUT2D eigenvalue weighted by atomic mass is 16.3. The molecule has 52 heavy (non-hydrogen) atoms. The fraction of sp³-hybridized carbons (Fsp3) is 0. The van der Waals surface area contributed by atoms with Crippen LogP contribution in [0.3, 0.4) is 0 Å². The normalized spacial score (nSPS) is 11.5. The molecule has 1 aromatic heterocycles. The molecule has 0 amide bonds. The highest BCUT2D eigenvalue weighted by molar-refractivity contribution is 6.18. The second-order valence-electron chi connectivity index (χ2n) is 13.2. The maximum absolute atomic E-state index is 6.57. The van der Waals surface area contributed by atoms with Crippen LogP contribution in [0.15, 0.2) is 199 Å². The summed E-state index contributed by atoms with van der Waals surface area (Å²) in [5.74, 6) is 0.627. The third-order valence-electron chi connectivity index (χ3n) is 10.0. The lowest BCUT2D eigenvalue weighted by Gasteiger charge is -2.27. The number of benzene rings is 9. The van der Waals surface area contributed by atoms with Crippen LogP contribution >= 0.6 is 0 Å². The topological polar surface area (TPSA) is 29.3 Å². The van der Waals surface area contributed by atoms with E-state index < -0.39 is 0 Å². The molecule has 10 rings (SSSR count). The van der Waals surface area contributed by atoms with Gasteiger partial charge >= 0.3 is 0 Å². The summed E-state index contributed by atoms with van der Waals surface area (Å²) in [7, 11) is 0. The molecule has 244 valence electrons. The quantitative estimate of drug-likeness (QED) is 0.166. The minimum Gasteiger partial charge on any atom is -0.435 e. The van der Waals surface area contributed by atoms with E-state index in [9.17, 15) is 0 Å². The van der Waals surface area contributed by atoms with E-state index in [1.165, 1.54) is 33.0 Å². The molecule has 0 spiro atoms. The summed E-state index contributed by atoms with van der Waals surface area (Å²) in [6.07, 6.45) is 0. The monoisotopic (exact) mass is 664 g/mol. The zero-order valence-electron chi connectivity index (χ0n) is 28.3. The Bertz CT molecular complexity index is 2890. The summed E-state index contributed by atoms with van der Waals surface area (Å²) in [6.45, 7) is 0. The lowest BCUT2D eigenvalue weighted by molar-refractivity contribution is 0.623. The standard InChI is InChI=1S/C49H32N2O/c1-3-10-33(11-4-1)40-16-9-17-43(31-40)51(42-26-22-35(23-27-42)41-21-18-34-12-7-8-15-39(34)30-41)44-28-24-36-19-20-37-25-29-46-48(47(37)45(36)32-44)52-49(50-46)38-13-5-2-6-14-38/h1-32H. The number of aromatic nitrogens is 1. The van der Waals surface area contributed by atoms with Crippen molar-refractivity contribution in [3.63, 3.8) is 0 Å². The van der Waals surface area contributed by atoms with Crippen molar-refractivity contribution in [3.05, 3.63) is 194 Å². The molecule has 0 aliphatic rings. The molecule has 0 aliphatic heterocycles. The third-order valence-corrected chi connectivity index (χ3v) is 10.0. The molecule has 0 bridgehead atoms. The number of hydrogen-bond acceptors (Lipinski definition) is 3. The molecular weight excluding hydrogens is 633 g/mol. The van der Waals surface area contributed by atoms with Crippen LogP contribution in [0.4, 0.5) is 17.1 Å². The van der Waals surface area contributed by atoms with Gasteiger partial charge in [-0.1, -0.05) is 133 Å². The average molecular weight is 665 g/mol. The summed E-state index contributed by atoms with van der Waals surface area (Å²) < 4.78 is 6.57. The lowest BCUT2D eigenvalue weighted by atomic mass is 9.99. The first-order chi connectivity index (χ1) is 25.7. The van der Waals surface area contributed by atoms with Gasteiger partial charge in [0.05, 0.1) is 0 Å². The largest absolute Gasteiger partial charge is 0.435 e. The van der Waals surface area contributed by atoms with E-state index >= 15 is 0 Å². The van der Waals surface area contributed by atoms with E-state index in [1.54, 1.807) is 0 Å².